The highest BCUT2D eigenvalue weighted by molar-refractivity contribution is 9.09. The Morgan fingerprint density at radius 2 is 2.19 bits per heavy atom. The number of rotatable bonds is 4. The SMILES string of the molecule is Clc1ccccc1C(CBr)Cc1nccs1. The lowest BCUT2D eigenvalue weighted by Crippen LogP contribution is -2.04. The van der Waals surface area contributed by atoms with Crippen molar-refractivity contribution in [3.8, 4) is 0 Å². The van der Waals surface area contributed by atoms with Crippen molar-refractivity contribution in [3.63, 3.8) is 0 Å². The van der Waals surface area contributed by atoms with Crippen LogP contribution >= 0.6 is 38.9 Å². The molecule has 1 aromatic carbocycles. The molecule has 1 heterocycles. The first kappa shape index (κ1) is 12.1. The van der Waals surface area contributed by atoms with Crippen molar-refractivity contribution in [1.82, 2.24) is 4.98 Å². The zero-order valence-corrected chi connectivity index (χ0v) is 11.7. The van der Waals surface area contributed by atoms with Gasteiger partial charge >= 0.3 is 0 Å². The maximum Gasteiger partial charge on any atom is 0.0931 e. The minimum Gasteiger partial charge on any atom is -0.250 e. The van der Waals surface area contributed by atoms with E-state index in [1.165, 1.54) is 5.56 Å². The molecule has 0 saturated carbocycles. The predicted molar refractivity (Wildman–Crippen MR) is 73.8 cm³/mol. The molecule has 0 N–H and O–H groups in total. The van der Waals surface area contributed by atoms with E-state index in [1.807, 2.05) is 29.8 Å². The van der Waals surface area contributed by atoms with Crippen molar-refractivity contribution < 1.29 is 0 Å². The van der Waals surface area contributed by atoms with Crippen molar-refractivity contribution in [2.45, 2.75) is 12.3 Å². The van der Waals surface area contributed by atoms with Crippen LogP contribution in [0, 0.1) is 0 Å². The molecule has 1 atom stereocenters. The normalized spacial score (nSPS) is 12.6. The van der Waals surface area contributed by atoms with Gasteiger partial charge in [0.1, 0.15) is 0 Å². The third-order valence-electron chi connectivity index (χ3n) is 2.44. The summed E-state index contributed by atoms with van der Waals surface area (Å²) in [6, 6.07) is 8.01. The van der Waals surface area contributed by atoms with Gasteiger partial charge in [-0.15, -0.1) is 11.3 Å². The molecule has 0 amide bonds. The molecule has 0 saturated heterocycles. The van der Waals surface area contributed by atoms with Crippen LogP contribution in [0.15, 0.2) is 35.8 Å². The highest BCUT2D eigenvalue weighted by atomic mass is 79.9. The Labute approximate surface area is 113 Å². The molecule has 0 radical (unpaired) electrons. The third kappa shape index (κ3) is 2.84. The summed E-state index contributed by atoms with van der Waals surface area (Å²) in [6.07, 6.45) is 2.78. The Kier molecular flexibility index (Phi) is 4.38. The quantitative estimate of drug-likeness (QED) is 0.756. The highest BCUT2D eigenvalue weighted by Crippen LogP contribution is 2.29. The van der Waals surface area contributed by atoms with E-state index >= 15 is 0 Å². The number of hydrogen-bond donors (Lipinski definition) is 0. The van der Waals surface area contributed by atoms with Gasteiger partial charge < -0.3 is 0 Å². The molecular formula is C12H11BrClNS. The monoisotopic (exact) mass is 315 g/mol. The lowest BCUT2D eigenvalue weighted by molar-refractivity contribution is 0.770. The number of nitrogens with zero attached hydrogens (tertiary/aromatic N) is 1. The van der Waals surface area contributed by atoms with Gasteiger partial charge in [0.2, 0.25) is 0 Å². The van der Waals surface area contributed by atoms with Crippen molar-refractivity contribution >= 4 is 38.9 Å². The summed E-state index contributed by atoms with van der Waals surface area (Å²) in [5.74, 6) is 0.389. The van der Waals surface area contributed by atoms with Crippen LogP contribution < -0.4 is 0 Å². The Morgan fingerprint density at radius 1 is 1.38 bits per heavy atom. The molecule has 0 fully saturated rings. The van der Waals surface area contributed by atoms with Crippen molar-refractivity contribution in [3.05, 3.63) is 51.4 Å². The summed E-state index contributed by atoms with van der Waals surface area (Å²) >= 11 is 11.4. The molecule has 4 heteroatoms. The molecule has 0 aliphatic heterocycles. The van der Waals surface area contributed by atoms with E-state index in [9.17, 15) is 0 Å². The van der Waals surface area contributed by atoms with Crippen molar-refractivity contribution in [2.75, 3.05) is 5.33 Å². The van der Waals surface area contributed by atoms with Gasteiger partial charge in [0, 0.05) is 34.3 Å². The topological polar surface area (TPSA) is 12.9 Å². The van der Waals surface area contributed by atoms with Gasteiger partial charge in [-0.2, -0.15) is 0 Å². The second-order valence-corrected chi connectivity index (χ2v) is 5.54. The Balaban J connectivity index is 2.20. The number of halogens is 2. The molecule has 16 heavy (non-hydrogen) atoms. The van der Waals surface area contributed by atoms with Gasteiger partial charge in [-0.3, -0.25) is 0 Å². The zero-order chi connectivity index (χ0) is 11.4. The van der Waals surface area contributed by atoms with Crippen molar-refractivity contribution in [1.29, 1.82) is 0 Å². The van der Waals surface area contributed by atoms with Crippen LogP contribution in [0.4, 0.5) is 0 Å². The Morgan fingerprint density at radius 3 is 2.81 bits per heavy atom. The number of hydrogen-bond acceptors (Lipinski definition) is 2. The summed E-state index contributed by atoms with van der Waals surface area (Å²) in [4.78, 5) is 4.31. The first-order valence-corrected chi connectivity index (χ1v) is 7.38. The molecule has 0 aliphatic rings. The zero-order valence-electron chi connectivity index (χ0n) is 8.57. The van der Waals surface area contributed by atoms with E-state index in [4.69, 9.17) is 11.6 Å². The molecule has 1 nitrogen and oxygen atoms in total. The molecule has 84 valence electrons. The second-order valence-electron chi connectivity index (χ2n) is 3.50. The fraction of sp³-hybridized carbons (Fsp3) is 0.250. The molecule has 0 aliphatic carbocycles. The van der Waals surface area contributed by atoms with Crippen LogP contribution in [0.5, 0.6) is 0 Å². The maximum atomic E-state index is 6.20. The van der Waals surface area contributed by atoms with Gasteiger partial charge in [0.15, 0.2) is 0 Å². The summed E-state index contributed by atoms with van der Waals surface area (Å²) in [5, 5.41) is 4.90. The fourth-order valence-corrected chi connectivity index (χ4v) is 3.18. The molecular weight excluding hydrogens is 306 g/mol. The van der Waals surface area contributed by atoms with E-state index in [0.717, 1.165) is 21.8 Å². The predicted octanol–water partition coefficient (Wildman–Crippen LogP) is 4.52. The van der Waals surface area contributed by atoms with Crippen LogP contribution in [0.1, 0.15) is 16.5 Å². The molecule has 1 unspecified atom stereocenters. The maximum absolute atomic E-state index is 6.20. The molecule has 2 rings (SSSR count). The second kappa shape index (κ2) is 5.80. The van der Waals surface area contributed by atoms with Crippen LogP contribution in [0.25, 0.3) is 0 Å². The number of alkyl halides is 1. The Hall–Kier alpha value is -0.380. The lowest BCUT2D eigenvalue weighted by atomic mass is 9.98. The van der Waals surface area contributed by atoms with E-state index in [-0.39, 0.29) is 0 Å². The van der Waals surface area contributed by atoms with Gasteiger partial charge in [-0.05, 0) is 11.6 Å². The van der Waals surface area contributed by atoms with Gasteiger partial charge in [0.25, 0.3) is 0 Å². The molecule has 1 aromatic heterocycles. The summed E-state index contributed by atoms with van der Waals surface area (Å²) in [6.45, 7) is 0. The number of benzene rings is 1. The highest BCUT2D eigenvalue weighted by Gasteiger charge is 2.14. The summed E-state index contributed by atoms with van der Waals surface area (Å²) < 4.78 is 0. The number of thiazole rings is 1. The van der Waals surface area contributed by atoms with Crippen LogP contribution in [0.2, 0.25) is 5.02 Å². The lowest BCUT2D eigenvalue weighted by Gasteiger charge is -2.14. The molecule has 2 aromatic rings. The van der Waals surface area contributed by atoms with Crippen LogP contribution in [-0.2, 0) is 6.42 Å². The van der Waals surface area contributed by atoms with Crippen LogP contribution in [0.3, 0.4) is 0 Å². The largest absolute Gasteiger partial charge is 0.250 e. The van der Waals surface area contributed by atoms with E-state index in [0.29, 0.717) is 5.92 Å². The minimum atomic E-state index is 0.389. The van der Waals surface area contributed by atoms with Gasteiger partial charge in [0.05, 0.1) is 5.01 Å². The average Bonchev–Trinajstić information content (AvgIpc) is 2.80. The first-order valence-electron chi connectivity index (χ1n) is 5.00. The summed E-state index contributed by atoms with van der Waals surface area (Å²) in [7, 11) is 0. The van der Waals surface area contributed by atoms with E-state index in [1.54, 1.807) is 11.3 Å². The first-order chi connectivity index (χ1) is 7.81. The fourth-order valence-electron chi connectivity index (χ4n) is 1.62. The smallest absolute Gasteiger partial charge is 0.0931 e. The molecule has 0 bridgehead atoms. The Bertz CT molecular complexity index is 444. The standard InChI is InChI=1S/C12H11BrClNS/c13-8-9(7-12-15-5-6-16-12)10-3-1-2-4-11(10)14/h1-6,9H,7-8H2. The van der Waals surface area contributed by atoms with Crippen molar-refractivity contribution in [2.24, 2.45) is 0 Å². The summed E-state index contributed by atoms with van der Waals surface area (Å²) in [5.41, 5.74) is 1.19. The third-order valence-corrected chi connectivity index (χ3v) is 4.36. The van der Waals surface area contributed by atoms with E-state index < -0.39 is 0 Å². The number of aromatic nitrogens is 1. The average molecular weight is 317 g/mol. The van der Waals surface area contributed by atoms with Gasteiger partial charge in [-0.1, -0.05) is 45.7 Å². The van der Waals surface area contributed by atoms with E-state index in [2.05, 4.69) is 27.0 Å². The molecule has 0 spiro atoms. The van der Waals surface area contributed by atoms with Crippen LogP contribution in [-0.4, -0.2) is 10.3 Å². The van der Waals surface area contributed by atoms with Gasteiger partial charge in [-0.25, -0.2) is 4.98 Å². The minimum absolute atomic E-state index is 0.389.